The summed E-state index contributed by atoms with van der Waals surface area (Å²) >= 11 is 0. The van der Waals surface area contributed by atoms with E-state index in [-0.39, 0.29) is 18.3 Å². The minimum Gasteiger partial charge on any atom is -0.444 e. The van der Waals surface area contributed by atoms with E-state index in [1.807, 2.05) is 52.0 Å². The third-order valence-corrected chi connectivity index (χ3v) is 6.27. The molecule has 0 bridgehead atoms. The molecule has 2 rings (SSSR count). The Balaban J connectivity index is 2.31. The van der Waals surface area contributed by atoms with Gasteiger partial charge in [-0.3, -0.25) is 14.4 Å². The number of para-hydroxylation sites is 1. The van der Waals surface area contributed by atoms with Gasteiger partial charge in [-0.05, 0) is 50.7 Å². The smallest absolute Gasteiger partial charge is 0.408 e. The highest BCUT2D eigenvalue weighted by molar-refractivity contribution is 5.94. The van der Waals surface area contributed by atoms with Gasteiger partial charge in [-0.1, -0.05) is 52.3 Å². The van der Waals surface area contributed by atoms with Crippen LogP contribution in [0.25, 0.3) is 10.9 Å². The fourth-order valence-corrected chi connectivity index (χ4v) is 4.11. The number of primary amides is 1. The van der Waals surface area contributed by atoms with Crippen LogP contribution in [0.2, 0.25) is 0 Å². The number of amides is 4. The number of carbonyl (C=O) groups is 4. The van der Waals surface area contributed by atoms with Gasteiger partial charge < -0.3 is 31.4 Å². The Morgan fingerprint density at radius 1 is 0.974 bits per heavy atom. The van der Waals surface area contributed by atoms with Crippen LogP contribution in [0.15, 0.2) is 30.5 Å². The van der Waals surface area contributed by atoms with Gasteiger partial charge in [0.15, 0.2) is 0 Å². The fourth-order valence-electron chi connectivity index (χ4n) is 4.11. The molecule has 1 heterocycles. The summed E-state index contributed by atoms with van der Waals surface area (Å²) in [6.45, 7) is 12.8. The number of benzene rings is 1. The van der Waals surface area contributed by atoms with E-state index in [2.05, 4.69) is 20.9 Å². The number of aromatic amines is 1. The SMILES string of the molecule is CC[C@@H](C)[C@H](NC(=O)[C@H](Cc1c[nH]c2ccccc12)NC(=O)OC(C)(C)C)C(=O)N[C@H](CC(C)C)C(N)=O. The molecule has 0 unspecified atom stereocenters. The first-order valence-corrected chi connectivity index (χ1v) is 13.2. The van der Waals surface area contributed by atoms with Gasteiger partial charge in [-0.15, -0.1) is 0 Å². The zero-order chi connectivity index (χ0) is 28.6. The largest absolute Gasteiger partial charge is 0.444 e. The van der Waals surface area contributed by atoms with E-state index in [1.165, 1.54) is 0 Å². The predicted octanol–water partition coefficient (Wildman–Crippen LogP) is 3.15. The number of fused-ring (bicyclic) bond motifs is 1. The fraction of sp³-hybridized carbons (Fsp3) is 0.571. The summed E-state index contributed by atoms with van der Waals surface area (Å²) in [4.78, 5) is 54.6. The average Bonchev–Trinajstić information content (AvgIpc) is 3.22. The molecule has 0 aliphatic heterocycles. The van der Waals surface area contributed by atoms with Gasteiger partial charge in [0.1, 0.15) is 23.7 Å². The number of nitrogens with one attached hydrogen (secondary N) is 4. The molecule has 0 aliphatic rings. The second-order valence-electron chi connectivity index (χ2n) is 11.2. The lowest BCUT2D eigenvalue weighted by Gasteiger charge is -2.28. The van der Waals surface area contributed by atoms with Crippen LogP contribution in [0.5, 0.6) is 0 Å². The Labute approximate surface area is 224 Å². The van der Waals surface area contributed by atoms with Crippen LogP contribution in [0.3, 0.4) is 0 Å². The lowest BCUT2D eigenvalue weighted by molar-refractivity contribution is -0.133. The molecular weight excluding hydrogens is 486 g/mol. The molecule has 10 nitrogen and oxygen atoms in total. The number of hydrogen-bond acceptors (Lipinski definition) is 5. The number of aromatic nitrogens is 1. The molecule has 4 amide bonds. The Hall–Kier alpha value is -3.56. The third kappa shape index (κ3) is 9.08. The van der Waals surface area contributed by atoms with Gasteiger partial charge in [-0.2, -0.15) is 0 Å². The van der Waals surface area contributed by atoms with Crippen molar-refractivity contribution in [1.29, 1.82) is 0 Å². The summed E-state index contributed by atoms with van der Waals surface area (Å²) in [5.74, 6) is -1.80. The van der Waals surface area contributed by atoms with Crippen LogP contribution in [-0.2, 0) is 25.5 Å². The molecule has 1 aromatic heterocycles. The van der Waals surface area contributed by atoms with Gasteiger partial charge in [0, 0.05) is 23.5 Å². The molecule has 0 saturated heterocycles. The van der Waals surface area contributed by atoms with Gasteiger partial charge >= 0.3 is 6.09 Å². The van der Waals surface area contributed by atoms with Crippen LogP contribution in [0, 0.1) is 11.8 Å². The number of nitrogens with two attached hydrogens (primary N) is 1. The lowest BCUT2D eigenvalue weighted by atomic mass is 9.96. The summed E-state index contributed by atoms with van der Waals surface area (Å²) in [6, 6.07) is 4.83. The van der Waals surface area contributed by atoms with E-state index in [1.54, 1.807) is 27.0 Å². The van der Waals surface area contributed by atoms with E-state index in [9.17, 15) is 19.2 Å². The van der Waals surface area contributed by atoms with Crippen LogP contribution >= 0.6 is 0 Å². The zero-order valence-corrected chi connectivity index (χ0v) is 23.5. The van der Waals surface area contributed by atoms with Crippen molar-refractivity contribution in [3.8, 4) is 0 Å². The van der Waals surface area contributed by atoms with Gasteiger partial charge in [-0.25, -0.2) is 4.79 Å². The molecule has 0 spiro atoms. The van der Waals surface area contributed by atoms with E-state index in [4.69, 9.17) is 10.5 Å². The molecule has 0 saturated carbocycles. The van der Waals surface area contributed by atoms with E-state index < -0.39 is 47.5 Å². The highest BCUT2D eigenvalue weighted by atomic mass is 16.6. The van der Waals surface area contributed by atoms with Crippen LogP contribution in [-0.4, -0.2) is 52.5 Å². The quantitative estimate of drug-likeness (QED) is 0.286. The molecule has 0 aliphatic carbocycles. The van der Waals surface area contributed by atoms with Crippen molar-refractivity contribution in [2.75, 3.05) is 0 Å². The number of rotatable bonds is 12. The Morgan fingerprint density at radius 2 is 1.63 bits per heavy atom. The maximum atomic E-state index is 13.6. The van der Waals surface area contributed by atoms with Crippen molar-refractivity contribution in [2.24, 2.45) is 17.6 Å². The summed E-state index contributed by atoms with van der Waals surface area (Å²) in [6.07, 6.45) is 2.19. The monoisotopic (exact) mass is 529 g/mol. The Bertz CT molecular complexity index is 1120. The molecule has 1 aromatic carbocycles. The number of carbonyl (C=O) groups excluding carboxylic acids is 4. The van der Waals surface area contributed by atoms with Gasteiger partial charge in [0.05, 0.1) is 0 Å². The lowest BCUT2D eigenvalue weighted by Crippen LogP contribution is -2.58. The third-order valence-electron chi connectivity index (χ3n) is 6.27. The average molecular weight is 530 g/mol. The first-order chi connectivity index (χ1) is 17.7. The molecule has 6 N–H and O–H groups in total. The number of ether oxygens (including phenoxy) is 1. The van der Waals surface area contributed by atoms with Crippen molar-refractivity contribution < 1.29 is 23.9 Å². The Kier molecular flexibility index (Phi) is 10.7. The van der Waals surface area contributed by atoms with Crippen molar-refractivity contribution in [3.63, 3.8) is 0 Å². The summed E-state index contributed by atoms with van der Waals surface area (Å²) < 4.78 is 5.39. The van der Waals surface area contributed by atoms with Crippen LogP contribution in [0.4, 0.5) is 4.79 Å². The second kappa shape index (κ2) is 13.3. The molecule has 0 radical (unpaired) electrons. The highest BCUT2D eigenvalue weighted by Crippen LogP contribution is 2.20. The van der Waals surface area contributed by atoms with E-state index in [0.717, 1.165) is 16.5 Å². The topological polar surface area (TPSA) is 155 Å². The van der Waals surface area contributed by atoms with Crippen LogP contribution in [0.1, 0.15) is 66.9 Å². The van der Waals surface area contributed by atoms with Crippen molar-refractivity contribution in [2.45, 2.75) is 91.5 Å². The summed E-state index contributed by atoms with van der Waals surface area (Å²) in [5.41, 5.74) is 6.48. The molecule has 2 aromatic rings. The number of hydrogen-bond donors (Lipinski definition) is 5. The summed E-state index contributed by atoms with van der Waals surface area (Å²) in [7, 11) is 0. The number of H-pyrrole nitrogens is 1. The standard InChI is InChI=1S/C28H43N5O5/c1-8-17(4)23(26(36)31-21(24(29)34)13-16(2)3)33-25(35)22(32-27(37)38-28(5,6)7)14-18-15-30-20-12-10-9-11-19(18)20/h9-12,15-17,21-23,30H,8,13-14H2,1-7H3,(H2,29,34)(H,31,36)(H,32,37)(H,33,35)/t17-,21-,22+,23+/m1/s1. The molecular formula is C28H43N5O5. The maximum absolute atomic E-state index is 13.6. The molecule has 0 fully saturated rings. The normalized spacial score (nSPS) is 14.8. The number of alkyl carbamates (subject to hydrolysis) is 1. The maximum Gasteiger partial charge on any atom is 0.408 e. The molecule has 38 heavy (non-hydrogen) atoms. The second-order valence-corrected chi connectivity index (χ2v) is 11.2. The first-order valence-electron chi connectivity index (χ1n) is 13.2. The zero-order valence-electron chi connectivity index (χ0n) is 23.5. The molecule has 10 heteroatoms. The minimum absolute atomic E-state index is 0.128. The summed E-state index contributed by atoms with van der Waals surface area (Å²) in [5, 5.41) is 9.11. The Morgan fingerprint density at radius 3 is 2.21 bits per heavy atom. The van der Waals surface area contributed by atoms with E-state index >= 15 is 0 Å². The minimum atomic E-state index is -1.02. The van der Waals surface area contributed by atoms with Crippen molar-refractivity contribution >= 4 is 34.7 Å². The van der Waals surface area contributed by atoms with E-state index in [0.29, 0.717) is 12.8 Å². The van der Waals surface area contributed by atoms with Crippen molar-refractivity contribution in [3.05, 3.63) is 36.0 Å². The highest BCUT2D eigenvalue weighted by Gasteiger charge is 2.33. The van der Waals surface area contributed by atoms with Gasteiger partial charge in [0.25, 0.3) is 0 Å². The molecule has 4 atom stereocenters. The predicted molar refractivity (Wildman–Crippen MR) is 147 cm³/mol. The van der Waals surface area contributed by atoms with Gasteiger partial charge in [0.2, 0.25) is 17.7 Å². The van der Waals surface area contributed by atoms with Crippen molar-refractivity contribution in [1.82, 2.24) is 20.9 Å². The van der Waals surface area contributed by atoms with Crippen LogP contribution < -0.4 is 21.7 Å². The molecule has 210 valence electrons. The first kappa shape index (κ1) is 30.7.